The number of ether oxygens (including phenoxy) is 2. The highest BCUT2D eigenvalue weighted by Gasteiger charge is 2.19. The van der Waals surface area contributed by atoms with Gasteiger partial charge in [0.05, 0.1) is 26.5 Å². The van der Waals surface area contributed by atoms with Gasteiger partial charge >= 0.3 is 0 Å². The van der Waals surface area contributed by atoms with E-state index in [0.717, 1.165) is 5.56 Å². The standard InChI is InChI=1S/C13H17N5O2/c1-19-11-8-16-12(13(17-11)20-2)10(18-14)7-9-3-5-15-6-4-9/h3-6,8,10,18H,7,14H2,1-2H3. The Bertz CT molecular complexity index is 550. The van der Waals surface area contributed by atoms with Gasteiger partial charge in [0, 0.05) is 12.4 Å². The third kappa shape index (κ3) is 3.19. The highest BCUT2D eigenvalue weighted by molar-refractivity contribution is 5.27. The van der Waals surface area contributed by atoms with Crippen LogP contribution in [0.25, 0.3) is 0 Å². The number of hydrazine groups is 1. The summed E-state index contributed by atoms with van der Waals surface area (Å²) in [5, 5.41) is 0. The number of methoxy groups -OCH3 is 2. The molecule has 20 heavy (non-hydrogen) atoms. The average Bonchev–Trinajstić information content (AvgIpc) is 2.53. The van der Waals surface area contributed by atoms with E-state index in [-0.39, 0.29) is 6.04 Å². The largest absolute Gasteiger partial charge is 0.480 e. The van der Waals surface area contributed by atoms with Crippen molar-refractivity contribution >= 4 is 0 Å². The van der Waals surface area contributed by atoms with Crippen LogP contribution in [0.2, 0.25) is 0 Å². The molecule has 2 heterocycles. The second-order valence-corrected chi connectivity index (χ2v) is 4.09. The Hall–Kier alpha value is -2.25. The molecule has 1 unspecified atom stereocenters. The van der Waals surface area contributed by atoms with Crippen LogP contribution in [0.5, 0.6) is 11.8 Å². The molecule has 0 fully saturated rings. The summed E-state index contributed by atoms with van der Waals surface area (Å²) in [7, 11) is 3.06. The van der Waals surface area contributed by atoms with Crippen LogP contribution >= 0.6 is 0 Å². The molecule has 0 aliphatic rings. The molecule has 0 saturated carbocycles. The molecule has 0 aliphatic heterocycles. The van der Waals surface area contributed by atoms with Crippen LogP contribution in [0.4, 0.5) is 0 Å². The molecular weight excluding hydrogens is 258 g/mol. The molecule has 1 atom stereocenters. The summed E-state index contributed by atoms with van der Waals surface area (Å²) < 4.78 is 10.3. The van der Waals surface area contributed by atoms with Gasteiger partial charge in [-0.1, -0.05) is 0 Å². The summed E-state index contributed by atoms with van der Waals surface area (Å²) in [5.74, 6) is 6.41. The maximum Gasteiger partial charge on any atom is 0.240 e. The summed E-state index contributed by atoms with van der Waals surface area (Å²) in [5.41, 5.74) is 4.45. The van der Waals surface area contributed by atoms with E-state index in [1.54, 1.807) is 12.4 Å². The normalized spacial score (nSPS) is 11.9. The number of aromatic nitrogens is 3. The van der Waals surface area contributed by atoms with Crippen molar-refractivity contribution < 1.29 is 9.47 Å². The van der Waals surface area contributed by atoms with Crippen molar-refractivity contribution in [1.29, 1.82) is 0 Å². The number of nitrogens with zero attached hydrogens (tertiary/aromatic N) is 3. The Morgan fingerprint density at radius 2 is 2.00 bits per heavy atom. The summed E-state index contributed by atoms with van der Waals surface area (Å²) in [6.45, 7) is 0. The van der Waals surface area contributed by atoms with Gasteiger partial charge in [0.2, 0.25) is 11.8 Å². The van der Waals surface area contributed by atoms with Crippen LogP contribution in [0.15, 0.2) is 30.7 Å². The van der Waals surface area contributed by atoms with Gasteiger partial charge in [-0.15, -0.1) is 0 Å². The van der Waals surface area contributed by atoms with Crippen molar-refractivity contribution in [3.8, 4) is 11.8 Å². The van der Waals surface area contributed by atoms with Crippen molar-refractivity contribution in [3.63, 3.8) is 0 Å². The number of hydrogen-bond donors (Lipinski definition) is 2. The number of hydrogen-bond acceptors (Lipinski definition) is 7. The zero-order valence-corrected chi connectivity index (χ0v) is 11.4. The lowest BCUT2D eigenvalue weighted by atomic mass is 10.1. The zero-order valence-electron chi connectivity index (χ0n) is 11.4. The smallest absolute Gasteiger partial charge is 0.240 e. The highest BCUT2D eigenvalue weighted by atomic mass is 16.5. The Morgan fingerprint density at radius 1 is 1.25 bits per heavy atom. The third-order valence-electron chi connectivity index (χ3n) is 2.87. The van der Waals surface area contributed by atoms with Crippen LogP contribution in [0.3, 0.4) is 0 Å². The molecular formula is C13H17N5O2. The molecule has 0 amide bonds. The van der Waals surface area contributed by atoms with Crippen LogP contribution in [0.1, 0.15) is 17.3 Å². The SMILES string of the molecule is COc1cnc(C(Cc2ccncc2)NN)c(OC)n1. The average molecular weight is 275 g/mol. The molecule has 0 saturated heterocycles. The van der Waals surface area contributed by atoms with E-state index in [9.17, 15) is 0 Å². The first-order valence-electron chi connectivity index (χ1n) is 6.08. The minimum absolute atomic E-state index is 0.217. The maximum absolute atomic E-state index is 5.63. The monoisotopic (exact) mass is 275 g/mol. The Morgan fingerprint density at radius 3 is 2.60 bits per heavy atom. The minimum atomic E-state index is -0.217. The van der Waals surface area contributed by atoms with E-state index in [1.165, 1.54) is 20.4 Å². The fourth-order valence-corrected chi connectivity index (χ4v) is 1.84. The molecule has 0 spiro atoms. The Balaban J connectivity index is 2.27. The summed E-state index contributed by atoms with van der Waals surface area (Å²) in [6.07, 6.45) is 5.66. The number of pyridine rings is 1. The first kappa shape index (κ1) is 14.2. The molecule has 7 heteroatoms. The van der Waals surface area contributed by atoms with E-state index < -0.39 is 0 Å². The predicted octanol–water partition coefficient (Wildman–Crippen LogP) is 0.636. The second kappa shape index (κ2) is 6.78. The van der Waals surface area contributed by atoms with Crippen molar-refractivity contribution in [1.82, 2.24) is 20.4 Å². The molecule has 106 valence electrons. The summed E-state index contributed by atoms with van der Waals surface area (Å²) in [6, 6.07) is 3.63. The first-order chi connectivity index (χ1) is 9.78. The van der Waals surface area contributed by atoms with Gasteiger partial charge in [0.15, 0.2) is 0 Å². The first-order valence-corrected chi connectivity index (χ1v) is 6.08. The second-order valence-electron chi connectivity index (χ2n) is 4.09. The Labute approximate surface area is 117 Å². The third-order valence-corrected chi connectivity index (χ3v) is 2.87. The molecule has 2 aromatic heterocycles. The quantitative estimate of drug-likeness (QED) is 0.590. The Kier molecular flexibility index (Phi) is 4.80. The van der Waals surface area contributed by atoms with Crippen molar-refractivity contribution in [2.24, 2.45) is 5.84 Å². The summed E-state index contributed by atoms with van der Waals surface area (Å²) >= 11 is 0. The topological polar surface area (TPSA) is 95.2 Å². The van der Waals surface area contributed by atoms with E-state index in [4.69, 9.17) is 15.3 Å². The zero-order chi connectivity index (χ0) is 14.4. The fourth-order valence-electron chi connectivity index (χ4n) is 1.84. The van der Waals surface area contributed by atoms with E-state index in [0.29, 0.717) is 23.9 Å². The van der Waals surface area contributed by atoms with Crippen LogP contribution in [0, 0.1) is 0 Å². The molecule has 0 radical (unpaired) electrons. The van der Waals surface area contributed by atoms with Gasteiger partial charge in [-0.05, 0) is 24.1 Å². The molecule has 2 aromatic rings. The highest BCUT2D eigenvalue weighted by Crippen LogP contribution is 2.25. The molecule has 0 aromatic carbocycles. The van der Waals surface area contributed by atoms with Gasteiger partial charge in [0.1, 0.15) is 5.69 Å². The van der Waals surface area contributed by atoms with Crippen LogP contribution in [-0.2, 0) is 6.42 Å². The van der Waals surface area contributed by atoms with Crippen molar-refractivity contribution in [2.75, 3.05) is 14.2 Å². The van der Waals surface area contributed by atoms with Gasteiger partial charge < -0.3 is 9.47 Å². The van der Waals surface area contributed by atoms with E-state index in [2.05, 4.69) is 20.4 Å². The maximum atomic E-state index is 5.63. The number of nitrogens with one attached hydrogen (secondary N) is 1. The molecule has 7 nitrogen and oxygen atoms in total. The van der Waals surface area contributed by atoms with Crippen molar-refractivity contribution in [3.05, 3.63) is 42.0 Å². The molecule has 2 rings (SSSR count). The number of rotatable bonds is 6. The molecule has 3 N–H and O–H groups in total. The van der Waals surface area contributed by atoms with Gasteiger partial charge in [-0.3, -0.25) is 16.3 Å². The summed E-state index contributed by atoms with van der Waals surface area (Å²) in [4.78, 5) is 12.5. The lowest BCUT2D eigenvalue weighted by Crippen LogP contribution is -2.30. The van der Waals surface area contributed by atoms with Gasteiger partial charge in [0.25, 0.3) is 0 Å². The van der Waals surface area contributed by atoms with Gasteiger partial charge in [-0.2, -0.15) is 4.98 Å². The van der Waals surface area contributed by atoms with Gasteiger partial charge in [-0.25, -0.2) is 4.98 Å². The van der Waals surface area contributed by atoms with E-state index in [1.807, 2.05) is 12.1 Å². The van der Waals surface area contributed by atoms with Crippen molar-refractivity contribution in [2.45, 2.75) is 12.5 Å². The molecule has 0 bridgehead atoms. The number of nitrogens with two attached hydrogens (primary N) is 1. The lowest BCUT2D eigenvalue weighted by Gasteiger charge is -2.17. The lowest BCUT2D eigenvalue weighted by molar-refractivity contribution is 0.349. The minimum Gasteiger partial charge on any atom is -0.480 e. The van der Waals surface area contributed by atoms with Crippen LogP contribution in [-0.4, -0.2) is 29.2 Å². The fraction of sp³-hybridized carbons (Fsp3) is 0.308. The molecule has 0 aliphatic carbocycles. The van der Waals surface area contributed by atoms with E-state index >= 15 is 0 Å². The van der Waals surface area contributed by atoms with Crippen LogP contribution < -0.4 is 20.7 Å². The predicted molar refractivity (Wildman–Crippen MR) is 73.1 cm³/mol.